The molecule has 0 aromatic heterocycles. The van der Waals surface area contributed by atoms with Gasteiger partial charge < -0.3 is 15.4 Å². The summed E-state index contributed by atoms with van der Waals surface area (Å²) in [6.45, 7) is 6.06. The summed E-state index contributed by atoms with van der Waals surface area (Å²) in [5.41, 5.74) is 8.27. The number of likely N-dealkylation sites (tertiary alicyclic amines) is 1. The number of carbonyl (C=O) groups excluding carboxylic acids is 1. The van der Waals surface area contributed by atoms with Crippen molar-refractivity contribution in [2.24, 2.45) is 11.1 Å². The van der Waals surface area contributed by atoms with E-state index in [0.717, 1.165) is 50.3 Å². The molecule has 2 aliphatic rings. The highest BCUT2D eigenvalue weighted by Crippen LogP contribution is 2.32. The van der Waals surface area contributed by atoms with E-state index in [1.165, 1.54) is 5.56 Å². The van der Waals surface area contributed by atoms with Gasteiger partial charge in [-0.3, -0.25) is 9.69 Å². The van der Waals surface area contributed by atoms with E-state index in [1.807, 2.05) is 17.0 Å². The first-order valence-electron chi connectivity index (χ1n) is 8.44. The molecule has 1 fully saturated rings. The first-order valence-corrected chi connectivity index (χ1v) is 8.44. The smallest absolute Gasteiger partial charge is 0.241 e. The van der Waals surface area contributed by atoms with E-state index in [9.17, 15) is 4.79 Å². The molecule has 1 amide bonds. The van der Waals surface area contributed by atoms with Crippen molar-refractivity contribution in [3.63, 3.8) is 0 Å². The molecule has 0 saturated carbocycles. The molecule has 24 heavy (non-hydrogen) atoms. The van der Waals surface area contributed by atoms with Gasteiger partial charge in [-0.05, 0) is 61.5 Å². The second kappa shape index (κ2) is 7.72. The monoisotopic (exact) mass is 353 g/mol. The molecule has 3 rings (SSSR count). The molecule has 0 bridgehead atoms. The SMILES string of the molecule is COc1ccc2c(c1)CCCN2C(=O)CN1CCC(C)(CN)C1.Cl. The molecule has 2 N–H and O–H groups in total. The average Bonchev–Trinajstić information content (AvgIpc) is 2.95. The lowest BCUT2D eigenvalue weighted by atomic mass is 9.90. The Labute approximate surface area is 150 Å². The molecule has 0 radical (unpaired) electrons. The van der Waals surface area contributed by atoms with Gasteiger partial charge in [-0.1, -0.05) is 6.92 Å². The third-order valence-electron chi connectivity index (χ3n) is 5.19. The number of nitrogens with zero attached hydrogens (tertiary/aromatic N) is 2. The van der Waals surface area contributed by atoms with Gasteiger partial charge >= 0.3 is 0 Å². The van der Waals surface area contributed by atoms with Crippen molar-refractivity contribution in [3.05, 3.63) is 23.8 Å². The zero-order valence-corrected chi connectivity index (χ0v) is 15.4. The fourth-order valence-corrected chi connectivity index (χ4v) is 3.66. The Morgan fingerprint density at radius 2 is 2.17 bits per heavy atom. The van der Waals surface area contributed by atoms with Crippen molar-refractivity contribution >= 4 is 24.0 Å². The molecule has 6 heteroatoms. The quantitative estimate of drug-likeness (QED) is 0.900. The van der Waals surface area contributed by atoms with E-state index in [1.54, 1.807) is 7.11 Å². The van der Waals surface area contributed by atoms with E-state index in [2.05, 4.69) is 17.9 Å². The summed E-state index contributed by atoms with van der Waals surface area (Å²) >= 11 is 0. The summed E-state index contributed by atoms with van der Waals surface area (Å²) in [6.07, 6.45) is 3.09. The summed E-state index contributed by atoms with van der Waals surface area (Å²) in [5.74, 6) is 1.05. The molecular weight excluding hydrogens is 326 g/mol. The predicted molar refractivity (Wildman–Crippen MR) is 99.1 cm³/mol. The molecule has 134 valence electrons. The number of rotatable bonds is 4. The molecule has 1 aromatic carbocycles. The van der Waals surface area contributed by atoms with Crippen molar-refractivity contribution in [1.82, 2.24) is 4.90 Å². The number of ether oxygens (including phenoxy) is 1. The number of aryl methyl sites for hydroxylation is 1. The lowest BCUT2D eigenvalue weighted by Gasteiger charge is -2.31. The summed E-state index contributed by atoms with van der Waals surface area (Å²) in [5, 5.41) is 0. The molecule has 1 aromatic rings. The van der Waals surface area contributed by atoms with Crippen molar-refractivity contribution in [2.45, 2.75) is 26.2 Å². The molecular formula is C18H28ClN3O2. The summed E-state index contributed by atoms with van der Waals surface area (Å²) in [6, 6.07) is 6.00. The van der Waals surface area contributed by atoms with Crippen LogP contribution in [0.3, 0.4) is 0 Å². The van der Waals surface area contributed by atoms with Crippen LogP contribution in [0.25, 0.3) is 0 Å². The van der Waals surface area contributed by atoms with Crippen LogP contribution >= 0.6 is 12.4 Å². The van der Waals surface area contributed by atoms with E-state index in [0.29, 0.717) is 13.1 Å². The van der Waals surface area contributed by atoms with Crippen LogP contribution in [0.4, 0.5) is 5.69 Å². The number of anilines is 1. The maximum absolute atomic E-state index is 12.8. The topological polar surface area (TPSA) is 58.8 Å². The van der Waals surface area contributed by atoms with Crippen molar-refractivity contribution in [1.29, 1.82) is 0 Å². The molecule has 1 atom stereocenters. The number of amides is 1. The highest BCUT2D eigenvalue weighted by molar-refractivity contribution is 5.96. The van der Waals surface area contributed by atoms with Crippen LogP contribution < -0.4 is 15.4 Å². The van der Waals surface area contributed by atoms with Crippen LogP contribution in [0.5, 0.6) is 5.75 Å². The summed E-state index contributed by atoms with van der Waals surface area (Å²) in [4.78, 5) is 17.0. The van der Waals surface area contributed by atoms with Crippen LogP contribution in [0.2, 0.25) is 0 Å². The number of fused-ring (bicyclic) bond motifs is 1. The second-order valence-electron chi connectivity index (χ2n) is 7.12. The van der Waals surface area contributed by atoms with Crippen LogP contribution in [-0.4, -0.2) is 50.6 Å². The Kier molecular flexibility index (Phi) is 6.12. The number of benzene rings is 1. The number of carbonyl (C=O) groups is 1. The van der Waals surface area contributed by atoms with Crippen molar-refractivity contribution in [3.8, 4) is 5.75 Å². The van der Waals surface area contributed by atoms with E-state index in [-0.39, 0.29) is 23.7 Å². The van der Waals surface area contributed by atoms with Gasteiger partial charge in [-0.25, -0.2) is 0 Å². The highest BCUT2D eigenvalue weighted by atomic mass is 35.5. The minimum Gasteiger partial charge on any atom is -0.497 e. The lowest BCUT2D eigenvalue weighted by molar-refractivity contribution is -0.119. The van der Waals surface area contributed by atoms with Crippen molar-refractivity contribution < 1.29 is 9.53 Å². The Morgan fingerprint density at radius 1 is 1.38 bits per heavy atom. The highest BCUT2D eigenvalue weighted by Gasteiger charge is 2.34. The van der Waals surface area contributed by atoms with Crippen molar-refractivity contribution in [2.75, 3.05) is 44.7 Å². The molecule has 0 aliphatic carbocycles. The zero-order valence-electron chi connectivity index (χ0n) is 14.6. The van der Waals surface area contributed by atoms with Gasteiger partial charge in [0, 0.05) is 18.8 Å². The average molecular weight is 354 g/mol. The molecule has 5 nitrogen and oxygen atoms in total. The largest absolute Gasteiger partial charge is 0.497 e. The Bertz CT molecular complexity index is 596. The van der Waals surface area contributed by atoms with Gasteiger partial charge in [0.2, 0.25) is 5.91 Å². The first kappa shape index (κ1) is 19.0. The van der Waals surface area contributed by atoms with Gasteiger partial charge in [0.05, 0.1) is 13.7 Å². The minimum absolute atomic E-state index is 0. The van der Waals surface area contributed by atoms with Gasteiger partial charge in [0.1, 0.15) is 5.75 Å². The number of methoxy groups -OCH3 is 1. The van der Waals surface area contributed by atoms with Gasteiger partial charge in [-0.2, -0.15) is 0 Å². The Hall–Kier alpha value is -1.30. The van der Waals surface area contributed by atoms with Crippen LogP contribution in [0, 0.1) is 5.41 Å². The number of halogens is 1. The Balaban J connectivity index is 0.00000208. The number of hydrogen-bond donors (Lipinski definition) is 1. The normalized spacial score (nSPS) is 23.5. The predicted octanol–water partition coefficient (Wildman–Crippen LogP) is 2.07. The molecule has 1 unspecified atom stereocenters. The number of hydrogen-bond acceptors (Lipinski definition) is 4. The fraction of sp³-hybridized carbons (Fsp3) is 0.611. The van der Waals surface area contributed by atoms with Crippen LogP contribution in [-0.2, 0) is 11.2 Å². The standard InChI is InChI=1S/C18H27N3O2.ClH/c1-18(12-19)7-9-20(13-18)11-17(22)21-8-3-4-14-10-15(23-2)5-6-16(14)21;/h5-6,10H,3-4,7-9,11-13,19H2,1-2H3;1H. The van der Waals surface area contributed by atoms with Gasteiger partial charge in [-0.15, -0.1) is 12.4 Å². The van der Waals surface area contributed by atoms with E-state index < -0.39 is 0 Å². The van der Waals surface area contributed by atoms with Gasteiger partial charge in [0.15, 0.2) is 0 Å². The second-order valence-corrected chi connectivity index (χ2v) is 7.12. The maximum Gasteiger partial charge on any atom is 0.241 e. The fourth-order valence-electron chi connectivity index (χ4n) is 3.66. The molecule has 0 spiro atoms. The lowest BCUT2D eigenvalue weighted by Crippen LogP contribution is -2.43. The molecule has 2 heterocycles. The zero-order chi connectivity index (χ0) is 16.4. The van der Waals surface area contributed by atoms with Crippen LogP contribution in [0.15, 0.2) is 18.2 Å². The third-order valence-corrected chi connectivity index (χ3v) is 5.19. The third kappa shape index (κ3) is 3.85. The Morgan fingerprint density at radius 3 is 2.83 bits per heavy atom. The maximum atomic E-state index is 12.8. The summed E-state index contributed by atoms with van der Waals surface area (Å²) < 4.78 is 5.30. The minimum atomic E-state index is 0. The van der Waals surface area contributed by atoms with Gasteiger partial charge in [0.25, 0.3) is 0 Å². The first-order chi connectivity index (χ1) is 11.0. The van der Waals surface area contributed by atoms with Crippen LogP contribution in [0.1, 0.15) is 25.3 Å². The number of nitrogens with two attached hydrogens (primary N) is 1. The molecule has 1 saturated heterocycles. The molecule has 2 aliphatic heterocycles. The van der Waals surface area contributed by atoms with E-state index in [4.69, 9.17) is 10.5 Å². The van der Waals surface area contributed by atoms with E-state index >= 15 is 0 Å². The summed E-state index contributed by atoms with van der Waals surface area (Å²) in [7, 11) is 1.68.